The average Bonchev–Trinajstić information content (AvgIpc) is 3.04. The molecule has 0 aliphatic carbocycles. The van der Waals surface area contributed by atoms with E-state index in [1.807, 2.05) is 25.2 Å². The first-order chi connectivity index (χ1) is 14.6. The molecule has 158 valence electrons. The van der Waals surface area contributed by atoms with Crippen molar-refractivity contribution in [2.45, 2.75) is 31.1 Å². The zero-order valence-electron chi connectivity index (χ0n) is 17.6. The van der Waals surface area contributed by atoms with Crippen LogP contribution in [-0.4, -0.2) is 34.9 Å². The number of thioether (sulfide) groups is 1. The second-order valence-corrected chi connectivity index (χ2v) is 9.00. The summed E-state index contributed by atoms with van der Waals surface area (Å²) in [5.41, 5.74) is 4.96. The molecule has 4 rings (SSSR count). The van der Waals surface area contributed by atoms with Crippen molar-refractivity contribution in [2.75, 3.05) is 25.4 Å². The normalized spacial score (nSPS) is 15.0. The molecular formula is C25H28F2N2S. The van der Waals surface area contributed by atoms with Gasteiger partial charge in [-0.2, -0.15) is 0 Å². The van der Waals surface area contributed by atoms with E-state index in [4.69, 9.17) is 0 Å². The van der Waals surface area contributed by atoms with E-state index in [9.17, 15) is 8.78 Å². The van der Waals surface area contributed by atoms with Gasteiger partial charge in [-0.15, -0.1) is 11.8 Å². The molecule has 2 aromatic carbocycles. The number of aryl methyl sites for hydroxylation is 1. The summed E-state index contributed by atoms with van der Waals surface area (Å²) < 4.78 is 28.9. The van der Waals surface area contributed by atoms with E-state index in [0.717, 1.165) is 60.4 Å². The molecule has 0 N–H and O–H groups in total. The van der Waals surface area contributed by atoms with Crippen LogP contribution in [0.1, 0.15) is 31.0 Å². The van der Waals surface area contributed by atoms with Crippen molar-refractivity contribution in [3.05, 3.63) is 71.4 Å². The van der Waals surface area contributed by atoms with Crippen LogP contribution in [0.3, 0.4) is 0 Å². The lowest BCUT2D eigenvalue weighted by Gasteiger charge is -2.26. The van der Waals surface area contributed by atoms with Crippen LogP contribution in [0.4, 0.5) is 8.78 Å². The van der Waals surface area contributed by atoms with Gasteiger partial charge in [0.15, 0.2) is 0 Å². The zero-order chi connectivity index (χ0) is 21.1. The van der Waals surface area contributed by atoms with Gasteiger partial charge in [0.05, 0.1) is 5.52 Å². The molecule has 1 aromatic heterocycles. The molecule has 0 fully saturated rings. The van der Waals surface area contributed by atoms with Crippen molar-refractivity contribution in [1.29, 1.82) is 0 Å². The number of benzene rings is 2. The Kier molecular flexibility index (Phi) is 6.59. The molecule has 0 bridgehead atoms. The first kappa shape index (κ1) is 21.1. The Bertz CT molecular complexity index is 1050. The van der Waals surface area contributed by atoms with Crippen LogP contribution in [0.5, 0.6) is 0 Å². The van der Waals surface area contributed by atoms with Crippen LogP contribution in [0.2, 0.25) is 0 Å². The third-order valence-electron chi connectivity index (χ3n) is 5.93. The summed E-state index contributed by atoms with van der Waals surface area (Å²) in [5, 5.41) is 1.16. The first-order valence-electron chi connectivity index (χ1n) is 10.6. The Labute approximate surface area is 181 Å². The molecule has 30 heavy (non-hydrogen) atoms. The Balaban J connectivity index is 1.39. The monoisotopic (exact) mass is 426 g/mol. The average molecular weight is 427 g/mol. The van der Waals surface area contributed by atoms with Crippen LogP contribution in [-0.2, 0) is 13.5 Å². The van der Waals surface area contributed by atoms with E-state index in [1.165, 1.54) is 29.0 Å². The summed E-state index contributed by atoms with van der Waals surface area (Å²) in [6.45, 7) is 5.24. The molecule has 3 aromatic rings. The third kappa shape index (κ3) is 4.47. The topological polar surface area (TPSA) is 8.17 Å². The quantitative estimate of drug-likeness (QED) is 0.324. The number of rotatable bonds is 7. The minimum absolute atomic E-state index is 0.181. The summed E-state index contributed by atoms with van der Waals surface area (Å²) in [4.78, 5) is 3.61. The first-order valence-corrected chi connectivity index (χ1v) is 11.6. The largest absolute Gasteiger partial charge is 0.347 e. The molecule has 5 heteroatoms. The summed E-state index contributed by atoms with van der Waals surface area (Å²) in [7, 11) is 2.04. The molecule has 2 heterocycles. The van der Waals surface area contributed by atoms with E-state index in [-0.39, 0.29) is 11.6 Å². The zero-order valence-corrected chi connectivity index (χ0v) is 18.4. The van der Waals surface area contributed by atoms with Gasteiger partial charge in [0, 0.05) is 41.7 Å². The van der Waals surface area contributed by atoms with Crippen molar-refractivity contribution in [2.24, 2.45) is 7.05 Å². The van der Waals surface area contributed by atoms with Crippen molar-refractivity contribution >= 4 is 28.2 Å². The fourth-order valence-electron chi connectivity index (χ4n) is 4.38. The van der Waals surface area contributed by atoms with Gasteiger partial charge in [-0.1, -0.05) is 13.0 Å². The number of hydrogen-bond donors (Lipinski definition) is 0. The maximum Gasteiger partial charge on any atom is 0.125 e. The standard InChI is InChI=1S/C25H28F2N2S/c1-3-23-25(22-10-7-20(27)17-24(22)28(23)2)18-11-14-29(15-12-18)13-4-16-30-21-8-5-19(26)6-9-21/h5-11,17H,3-4,12-16H2,1-2H3. The maximum absolute atomic E-state index is 13.8. The second kappa shape index (κ2) is 9.36. The van der Waals surface area contributed by atoms with Crippen molar-refractivity contribution < 1.29 is 8.78 Å². The van der Waals surface area contributed by atoms with Crippen LogP contribution in [0, 0.1) is 11.6 Å². The smallest absolute Gasteiger partial charge is 0.125 e. The molecule has 2 nitrogen and oxygen atoms in total. The molecule has 0 saturated heterocycles. The Morgan fingerprint density at radius 2 is 1.80 bits per heavy atom. The number of hydrogen-bond acceptors (Lipinski definition) is 2. The molecule has 0 amide bonds. The molecule has 0 saturated carbocycles. The van der Waals surface area contributed by atoms with Crippen LogP contribution >= 0.6 is 11.8 Å². The van der Waals surface area contributed by atoms with E-state index in [0.29, 0.717) is 0 Å². The number of aromatic nitrogens is 1. The molecule has 0 radical (unpaired) electrons. The summed E-state index contributed by atoms with van der Waals surface area (Å²) in [6, 6.07) is 11.9. The highest BCUT2D eigenvalue weighted by Gasteiger charge is 2.20. The highest BCUT2D eigenvalue weighted by Crippen LogP contribution is 2.35. The van der Waals surface area contributed by atoms with Gasteiger partial charge >= 0.3 is 0 Å². The van der Waals surface area contributed by atoms with E-state index < -0.39 is 0 Å². The summed E-state index contributed by atoms with van der Waals surface area (Å²) in [5.74, 6) is 0.672. The molecule has 1 aliphatic rings. The van der Waals surface area contributed by atoms with Crippen molar-refractivity contribution in [3.63, 3.8) is 0 Å². The predicted molar refractivity (Wildman–Crippen MR) is 123 cm³/mol. The second-order valence-electron chi connectivity index (χ2n) is 7.83. The van der Waals surface area contributed by atoms with Crippen LogP contribution in [0.15, 0.2) is 53.4 Å². The SMILES string of the molecule is CCc1c(C2=CCN(CCCSc3ccc(F)cc3)CC2)c2ccc(F)cc2n1C. The van der Waals surface area contributed by atoms with Gasteiger partial charge in [0.25, 0.3) is 0 Å². The van der Waals surface area contributed by atoms with Gasteiger partial charge in [-0.05, 0) is 79.6 Å². The molecule has 0 unspecified atom stereocenters. The summed E-state index contributed by atoms with van der Waals surface area (Å²) in [6.07, 6.45) is 5.42. The number of fused-ring (bicyclic) bond motifs is 1. The predicted octanol–water partition coefficient (Wildman–Crippen LogP) is 6.29. The van der Waals surface area contributed by atoms with Gasteiger partial charge in [-0.3, -0.25) is 4.90 Å². The Morgan fingerprint density at radius 1 is 1.03 bits per heavy atom. The Hall–Kier alpha value is -2.11. The summed E-state index contributed by atoms with van der Waals surface area (Å²) >= 11 is 1.78. The van der Waals surface area contributed by atoms with Gasteiger partial charge in [0.1, 0.15) is 11.6 Å². The van der Waals surface area contributed by atoms with E-state index >= 15 is 0 Å². The van der Waals surface area contributed by atoms with E-state index in [2.05, 4.69) is 22.5 Å². The lowest BCUT2D eigenvalue weighted by atomic mass is 9.95. The number of nitrogens with zero attached hydrogens (tertiary/aromatic N) is 2. The minimum atomic E-state index is -0.183. The van der Waals surface area contributed by atoms with Gasteiger partial charge in [-0.25, -0.2) is 8.78 Å². The molecule has 0 spiro atoms. The van der Waals surface area contributed by atoms with Crippen molar-refractivity contribution in [1.82, 2.24) is 9.47 Å². The van der Waals surface area contributed by atoms with Gasteiger partial charge < -0.3 is 4.57 Å². The molecular weight excluding hydrogens is 398 g/mol. The fraction of sp³-hybridized carbons (Fsp3) is 0.360. The van der Waals surface area contributed by atoms with Crippen LogP contribution < -0.4 is 0 Å². The highest BCUT2D eigenvalue weighted by atomic mass is 32.2. The maximum atomic E-state index is 13.8. The fourth-order valence-corrected chi connectivity index (χ4v) is 5.22. The van der Waals surface area contributed by atoms with E-state index in [1.54, 1.807) is 23.9 Å². The van der Waals surface area contributed by atoms with Crippen molar-refractivity contribution in [3.8, 4) is 0 Å². The molecule has 0 atom stereocenters. The lowest BCUT2D eigenvalue weighted by Crippen LogP contribution is -2.29. The lowest BCUT2D eigenvalue weighted by molar-refractivity contribution is 0.303. The van der Waals surface area contributed by atoms with Crippen LogP contribution in [0.25, 0.3) is 16.5 Å². The number of halogens is 2. The Morgan fingerprint density at radius 3 is 2.50 bits per heavy atom. The molecule has 1 aliphatic heterocycles. The highest BCUT2D eigenvalue weighted by molar-refractivity contribution is 7.99. The van der Waals surface area contributed by atoms with Gasteiger partial charge in [0.2, 0.25) is 0 Å². The third-order valence-corrected chi connectivity index (χ3v) is 7.03. The minimum Gasteiger partial charge on any atom is -0.347 e.